The Balaban J connectivity index is 1.20. The molecular weight excluding hydrogens is 617 g/mol. The van der Waals surface area contributed by atoms with E-state index in [2.05, 4.69) is 182 Å². The van der Waals surface area contributed by atoms with Gasteiger partial charge in [-0.15, -0.1) is 0 Å². The number of rotatable bonds is 3. The molecule has 0 bridgehead atoms. The quantitative estimate of drug-likeness (QED) is 0.137. The molecule has 0 radical (unpaired) electrons. The van der Waals surface area contributed by atoms with Gasteiger partial charge >= 0.3 is 0 Å². The molecule has 0 spiro atoms. The minimum atomic E-state index is 0.902. The van der Waals surface area contributed by atoms with E-state index >= 15 is 0 Å². The molecule has 0 aliphatic carbocycles. The number of benzene rings is 10. The molecule has 11 rings (SSSR count). The fourth-order valence-electron chi connectivity index (χ4n) is 8.47. The molecule has 0 N–H and O–H groups in total. The summed E-state index contributed by atoms with van der Waals surface area (Å²) < 4.78 is 6.77. The average Bonchev–Trinajstić information content (AvgIpc) is 3.20. The molecule has 1 aliphatic heterocycles. The molecule has 1 nitrogen and oxygen atoms in total. The molecule has 1 heteroatoms. The van der Waals surface area contributed by atoms with E-state index in [4.69, 9.17) is 4.74 Å². The Hall–Kier alpha value is -6.70. The maximum absolute atomic E-state index is 6.77. The zero-order valence-corrected chi connectivity index (χ0v) is 27.7. The van der Waals surface area contributed by atoms with Crippen molar-refractivity contribution in [2.24, 2.45) is 0 Å². The van der Waals surface area contributed by atoms with E-state index in [1.54, 1.807) is 0 Å². The summed E-state index contributed by atoms with van der Waals surface area (Å²) >= 11 is 0. The normalized spacial score (nSPS) is 12.1. The van der Waals surface area contributed by atoms with Gasteiger partial charge in [0.05, 0.1) is 0 Å². The van der Waals surface area contributed by atoms with Crippen LogP contribution in [0, 0.1) is 0 Å². The second kappa shape index (κ2) is 10.9. The van der Waals surface area contributed by atoms with Gasteiger partial charge in [0.25, 0.3) is 0 Å². The third-order valence-corrected chi connectivity index (χ3v) is 10.8. The smallest absolute Gasteiger partial charge is 0.143 e. The Kier molecular flexibility index (Phi) is 6.02. The molecule has 51 heavy (non-hydrogen) atoms. The maximum Gasteiger partial charge on any atom is 0.143 e. The second-order valence-electron chi connectivity index (χ2n) is 13.6. The first-order valence-electron chi connectivity index (χ1n) is 17.6. The maximum atomic E-state index is 6.77. The van der Waals surface area contributed by atoms with Crippen molar-refractivity contribution in [3.63, 3.8) is 0 Å². The van der Waals surface area contributed by atoms with Gasteiger partial charge in [-0.25, -0.2) is 0 Å². The summed E-state index contributed by atoms with van der Waals surface area (Å²) in [6.45, 7) is 0. The highest BCUT2D eigenvalue weighted by Gasteiger charge is 2.24. The monoisotopic (exact) mass is 646 g/mol. The zero-order chi connectivity index (χ0) is 33.5. The van der Waals surface area contributed by atoms with Gasteiger partial charge in [-0.2, -0.15) is 0 Å². The van der Waals surface area contributed by atoms with Crippen LogP contribution in [0.2, 0.25) is 0 Å². The molecule has 0 aromatic heterocycles. The number of hydrogen-bond acceptors (Lipinski definition) is 1. The average molecular weight is 647 g/mol. The Morgan fingerprint density at radius 2 is 0.941 bits per heavy atom. The first kappa shape index (κ1) is 28.2. The predicted octanol–water partition coefficient (Wildman–Crippen LogP) is 14.2. The van der Waals surface area contributed by atoms with Crippen LogP contribution in [0.5, 0.6) is 11.5 Å². The van der Waals surface area contributed by atoms with Crippen LogP contribution in [0.3, 0.4) is 0 Å². The standard InChI is InChI=1S/C50H30O/c1-2-11-31(12-3-1)35-27-36(29-37(28-35)48-40-17-8-6-15-34(40)30-46-38-16-7-4-13-32(38)21-23-44(46)48)39-25-26-47-49-42(39)19-10-20-43(49)45-24-22-33-14-5-9-18-41(33)50(45)51-47/h1-30H. The minimum Gasteiger partial charge on any atom is -0.455 e. The highest BCUT2D eigenvalue weighted by atomic mass is 16.5. The van der Waals surface area contributed by atoms with Gasteiger partial charge in [-0.3, -0.25) is 0 Å². The van der Waals surface area contributed by atoms with Crippen molar-refractivity contribution in [1.29, 1.82) is 0 Å². The van der Waals surface area contributed by atoms with Gasteiger partial charge in [0.1, 0.15) is 11.5 Å². The van der Waals surface area contributed by atoms with Crippen molar-refractivity contribution in [3.8, 4) is 56.0 Å². The number of fused-ring (bicyclic) bond motifs is 8. The molecule has 0 atom stereocenters. The van der Waals surface area contributed by atoms with E-state index in [1.807, 2.05) is 0 Å². The zero-order valence-electron chi connectivity index (χ0n) is 27.7. The van der Waals surface area contributed by atoms with E-state index in [1.165, 1.54) is 82.0 Å². The summed E-state index contributed by atoms with van der Waals surface area (Å²) in [4.78, 5) is 0. The van der Waals surface area contributed by atoms with E-state index in [0.29, 0.717) is 0 Å². The van der Waals surface area contributed by atoms with Crippen LogP contribution in [0.15, 0.2) is 182 Å². The van der Waals surface area contributed by atoms with Crippen molar-refractivity contribution in [3.05, 3.63) is 182 Å². The fraction of sp³-hybridized carbons (Fsp3) is 0. The van der Waals surface area contributed by atoms with Crippen molar-refractivity contribution >= 4 is 53.9 Å². The lowest BCUT2D eigenvalue weighted by Gasteiger charge is -2.24. The molecule has 1 aliphatic rings. The molecule has 0 saturated carbocycles. The molecule has 236 valence electrons. The van der Waals surface area contributed by atoms with Crippen molar-refractivity contribution in [2.45, 2.75) is 0 Å². The molecule has 10 aromatic carbocycles. The van der Waals surface area contributed by atoms with Gasteiger partial charge in [-0.1, -0.05) is 146 Å². The summed E-state index contributed by atoms with van der Waals surface area (Å²) in [7, 11) is 0. The van der Waals surface area contributed by atoms with Crippen molar-refractivity contribution in [2.75, 3.05) is 0 Å². The van der Waals surface area contributed by atoms with Crippen LogP contribution >= 0.6 is 0 Å². The lowest BCUT2D eigenvalue weighted by Crippen LogP contribution is -1.99. The van der Waals surface area contributed by atoms with Crippen molar-refractivity contribution in [1.82, 2.24) is 0 Å². The summed E-state index contributed by atoms with van der Waals surface area (Å²) in [5, 5.41) is 12.2. The van der Waals surface area contributed by atoms with Gasteiger partial charge in [0.15, 0.2) is 0 Å². The predicted molar refractivity (Wildman–Crippen MR) is 216 cm³/mol. The summed E-state index contributed by atoms with van der Waals surface area (Å²) in [5.41, 5.74) is 9.58. The van der Waals surface area contributed by atoms with Gasteiger partial charge in [0.2, 0.25) is 0 Å². The van der Waals surface area contributed by atoms with Crippen LogP contribution in [0.1, 0.15) is 0 Å². The first-order chi connectivity index (χ1) is 25.3. The lowest BCUT2D eigenvalue weighted by molar-refractivity contribution is 0.493. The lowest BCUT2D eigenvalue weighted by atomic mass is 9.85. The Morgan fingerprint density at radius 3 is 1.80 bits per heavy atom. The highest BCUT2D eigenvalue weighted by Crippen LogP contribution is 2.51. The van der Waals surface area contributed by atoms with Gasteiger partial charge in [0, 0.05) is 16.3 Å². The van der Waals surface area contributed by atoms with E-state index in [9.17, 15) is 0 Å². The third-order valence-electron chi connectivity index (χ3n) is 10.8. The van der Waals surface area contributed by atoms with Gasteiger partial charge in [-0.05, 0) is 118 Å². The molecule has 0 fully saturated rings. The largest absolute Gasteiger partial charge is 0.455 e. The van der Waals surface area contributed by atoms with Crippen molar-refractivity contribution < 1.29 is 4.74 Å². The topological polar surface area (TPSA) is 9.23 Å². The SMILES string of the molecule is c1ccc(-c2cc(-c3ccc4c5c(cccc35)-c3ccc5ccccc5c3O4)cc(-c3c4ccccc4cc4c3ccc3ccccc34)c2)cc1. The Bertz CT molecular complexity index is 3040. The minimum absolute atomic E-state index is 0.902. The molecule has 0 saturated heterocycles. The van der Waals surface area contributed by atoms with Crippen LogP contribution in [-0.2, 0) is 0 Å². The van der Waals surface area contributed by atoms with Gasteiger partial charge < -0.3 is 4.74 Å². The molecule has 0 amide bonds. The summed E-state index contributed by atoms with van der Waals surface area (Å²) in [5.74, 6) is 1.84. The van der Waals surface area contributed by atoms with E-state index in [-0.39, 0.29) is 0 Å². The second-order valence-corrected chi connectivity index (χ2v) is 13.6. The summed E-state index contributed by atoms with van der Waals surface area (Å²) in [6, 6.07) is 66.4. The van der Waals surface area contributed by atoms with E-state index in [0.717, 1.165) is 27.8 Å². The Morgan fingerprint density at radius 1 is 0.294 bits per heavy atom. The third kappa shape index (κ3) is 4.28. The molecular formula is C50H30O. The highest BCUT2D eigenvalue weighted by molar-refractivity contribution is 6.20. The number of ether oxygens (including phenoxy) is 1. The molecule has 1 heterocycles. The first-order valence-corrected chi connectivity index (χ1v) is 17.6. The van der Waals surface area contributed by atoms with Crippen LogP contribution in [-0.4, -0.2) is 0 Å². The van der Waals surface area contributed by atoms with Crippen LogP contribution in [0.25, 0.3) is 98.4 Å². The fourth-order valence-corrected chi connectivity index (χ4v) is 8.47. The van der Waals surface area contributed by atoms with Crippen LogP contribution in [0.4, 0.5) is 0 Å². The van der Waals surface area contributed by atoms with E-state index < -0.39 is 0 Å². The molecule has 0 unspecified atom stereocenters. The Labute approximate surface area is 295 Å². The summed E-state index contributed by atoms with van der Waals surface area (Å²) in [6.07, 6.45) is 0. The van der Waals surface area contributed by atoms with Crippen LogP contribution < -0.4 is 4.74 Å². The molecule has 10 aromatic rings. The number of hydrogen-bond donors (Lipinski definition) is 0.